The minimum Gasteiger partial charge on any atom is -0.411 e. The van der Waals surface area contributed by atoms with E-state index in [4.69, 9.17) is 4.42 Å². The van der Waals surface area contributed by atoms with Gasteiger partial charge in [0.05, 0.1) is 11.0 Å². The van der Waals surface area contributed by atoms with Crippen molar-refractivity contribution in [3.63, 3.8) is 0 Å². The Morgan fingerprint density at radius 3 is 2.48 bits per heavy atom. The number of benzene rings is 2. The second-order valence-electron chi connectivity index (χ2n) is 5.06. The van der Waals surface area contributed by atoms with Crippen molar-refractivity contribution in [2.45, 2.75) is 11.3 Å². The summed E-state index contributed by atoms with van der Waals surface area (Å²) in [6.07, 6.45) is -0.659. The van der Waals surface area contributed by atoms with Crippen LogP contribution in [0.1, 0.15) is 11.7 Å². The molecule has 0 saturated heterocycles. The smallest absolute Gasteiger partial charge is 0.276 e. The van der Waals surface area contributed by atoms with Crippen LogP contribution in [0.2, 0.25) is 0 Å². The summed E-state index contributed by atoms with van der Waals surface area (Å²) >= 11 is 4.59. The van der Waals surface area contributed by atoms with Crippen LogP contribution in [0.4, 0.5) is 5.69 Å². The molecule has 0 unspecified atom stereocenters. The zero-order valence-corrected chi connectivity index (χ0v) is 15.1. The molecule has 1 aromatic heterocycles. The second kappa shape index (κ2) is 7.77. The van der Waals surface area contributed by atoms with E-state index in [9.17, 15) is 15.2 Å². The molecule has 1 heterocycles. The van der Waals surface area contributed by atoms with Gasteiger partial charge in [0, 0.05) is 27.9 Å². The summed E-state index contributed by atoms with van der Waals surface area (Å²) in [7, 11) is 0. The van der Waals surface area contributed by atoms with Gasteiger partial charge in [0.1, 0.15) is 0 Å². The van der Waals surface area contributed by atoms with Gasteiger partial charge in [-0.15, -0.1) is 10.2 Å². The summed E-state index contributed by atoms with van der Waals surface area (Å²) in [6, 6.07) is 13.3. The molecule has 0 spiro atoms. The molecule has 0 amide bonds. The highest BCUT2D eigenvalue weighted by atomic mass is 79.9. The number of nitro groups is 1. The molecule has 25 heavy (non-hydrogen) atoms. The number of non-ortho nitro benzene ring substituents is 1. The topological polar surface area (TPSA) is 102 Å². The van der Waals surface area contributed by atoms with Gasteiger partial charge in [0.15, 0.2) is 0 Å². The number of nitro benzene ring substituents is 1. The quantitative estimate of drug-likeness (QED) is 0.360. The Bertz CT molecular complexity index is 868. The van der Waals surface area contributed by atoms with Crippen molar-refractivity contribution in [3.8, 4) is 11.5 Å². The normalized spacial score (nSPS) is 12.1. The van der Waals surface area contributed by atoms with Gasteiger partial charge < -0.3 is 9.52 Å². The van der Waals surface area contributed by atoms with Crippen LogP contribution in [-0.2, 0) is 0 Å². The molecule has 3 aromatic rings. The van der Waals surface area contributed by atoms with Gasteiger partial charge in [-0.1, -0.05) is 39.8 Å². The third kappa shape index (κ3) is 4.44. The van der Waals surface area contributed by atoms with Crippen molar-refractivity contribution < 1.29 is 14.4 Å². The van der Waals surface area contributed by atoms with E-state index < -0.39 is 11.0 Å². The fraction of sp³-hybridized carbons (Fsp3) is 0.125. The molecule has 0 aliphatic carbocycles. The minimum atomic E-state index is -0.659. The lowest BCUT2D eigenvalue weighted by molar-refractivity contribution is -0.384. The monoisotopic (exact) mass is 421 g/mol. The molecule has 128 valence electrons. The fourth-order valence-electron chi connectivity index (χ4n) is 2.04. The second-order valence-corrected chi connectivity index (χ2v) is 6.94. The zero-order chi connectivity index (χ0) is 17.8. The van der Waals surface area contributed by atoms with Gasteiger partial charge in [-0.25, -0.2) is 0 Å². The highest BCUT2D eigenvalue weighted by molar-refractivity contribution is 9.10. The molecule has 7 nitrogen and oxygen atoms in total. The fourth-order valence-corrected chi connectivity index (χ4v) is 3.04. The maximum absolute atomic E-state index is 10.7. The first-order chi connectivity index (χ1) is 12.0. The Labute approximate surface area is 155 Å². The van der Waals surface area contributed by atoms with Crippen LogP contribution >= 0.6 is 27.7 Å². The molecule has 3 rings (SSSR count). The average Bonchev–Trinajstić information content (AvgIpc) is 3.09. The van der Waals surface area contributed by atoms with E-state index in [1.165, 1.54) is 23.9 Å². The van der Waals surface area contributed by atoms with E-state index in [1.807, 2.05) is 24.3 Å². The number of hydrogen-bond acceptors (Lipinski definition) is 7. The SMILES string of the molecule is O=[N+]([O-])c1ccc(-c2nnc(SC[C@@H](O)c3ccc(Br)cc3)o2)cc1. The van der Waals surface area contributed by atoms with E-state index >= 15 is 0 Å². The van der Waals surface area contributed by atoms with Gasteiger partial charge in [-0.2, -0.15) is 0 Å². The lowest BCUT2D eigenvalue weighted by Crippen LogP contribution is -2.00. The van der Waals surface area contributed by atoms with Crippen LogP contribution < -0.4 is 0 Å². The molecule has 0 fully saturated rings. The molecule has 0 radical (unpaired) electrons. The van der Waals surface area contributed by atoms with Crippen LogP contribution in [0.3, 0.4) is 0 Å². The molecule has 0 bridgehead atoms. The molecular weight excluding hydrogens is 410 g/mol. The Morgan fingerprint density at radius 2 is 1.84 bits per heavy atom. The molecule has 9 heteroatoms. The van der Waals surface area contributed by atoms with Gasteiger partial charge in [-0.3, -0.25) is 10.1 Å². The van der Waals surface area contributed by atoms with Crippen molar-refractivity contribution in [1.82, 2.24) is 10.2 Å². The largest absolute Gasteiger partial charge is 0.411 e. The maximum Gasteiger partial charge on any atom is 0.276 e. The predicted octanol–water partition coefficient (Wildman–Crippen LogP) is 4.23. The van der Waals surface area contributed by atoms with Crippen molar-refractivity contribution in [2.75, 3.05) is 5.75 Å². The number of thioether (sulfide) groups is 1. The highest BCUT2D eigenvalue weighted by Gasteiger charge is 2.14. The first-order valence-electron chi connectivity index (χ1n) is 7.17. The molecule has 1 N–H and O–H groups in total. The lowest BCUT2D eigenvalue weighted by Gasteiger charge is -2.08. The Morgan fingerprint density at radius 1 is 1.16 bits per heavy atom. The summed E-state index contributed by atoms with van der Waals surface area (Å²) < 4.78 is 6.47. The Balaban J connectivity index is 1.63. The standard InChI is InChI=1S/C16H12BrN3O4S/c17-12-5-1-10(2-6-12)14(21)9-25-16-19-18-15(24-16)11-3-7-13(8-4-11)20(22)23/h1-8,14,21H,9H2/t14-/m1/s1. The first-order valence-corrected chi connectivity index (χ1v) is 8.95. The summed E-state index contributed by atoms with van der Waals surface area (Å²) in [6.45, 7) is 0. The van der Waals surface area contributed by atoms with Gasteiger partial charge >= 0.3 is 0 Å². The Kier molecular flexibility index (Phi) is 5.47. The zero-order valence-electron chi connectivity index (χ0n) is 12.7. The number of rotatable bonds is 6. The number of aromatic nitrogens is 2. The predicted molar refractivity (Wildman–Crippen MR) is 96.2 cm³/mol. The van der Waals surface area contributed by atoms with E-state index in [0.717, 1.165) is 10.0 Å². The molecule has 2 aromatic carbocycles. The van der Waals surface area contributed by atoms with Crippen molar-refractivity contribution in [2.24, 2.45) is 0 Å². The number of aliphatic hydroxyl groups excluding tert-OH is 1. The average molecular weight is 422 g/mol. The van der Waals surface area contributed by atoms with Crippen LogP contribution in [0, 0.1) is 10.1 Å². The number of nitrogens with zero attached hydrogens (tertiary/aromatic N) is 3. The highest BCUT2D eigenvalue weighted by Crippen LogP contribution is 2.28. The third-order valence-electron chi connectivity index (χ3n) is 3.35. The summed E-state index contributed by atoms with van der Waals surface area (Å²) in [5, 5.41) is 29.0. The first kappa shape index (κ1) is 17.6. The van der Waals surface area contributed by atoms with Crippen molar-refractivity contribution in [3.05, 3.63) is 68.7 Å². The van der Waals surface area contributed by atoms with Gasteiger partial charge in [0.2, 0.25) is 5.89 Å². The lowest BCUT2D eigenvalue weighted by atomic mass is 10.1. The molecule has 0 saturated carbocycles. The maximum atomic E-state index is 10.7. The third-order valence-corrected chi connectivity index (χ3v) is 4.77. The van der Waals surface area contributed by atoms with Crippen molar-refractivity contribution in [1.29, 1.82) is 0 Å². The summed E-state index contributed by atoms with van der Waals surface area (Å²) in [5.41, 5.74) is 1.39. The van der Waals surface area contributed by atoms with Gasteiger partial charge in [-0.05, 0) is 29.8 Å². The van der Waals surface area contributed by atoms with Crippen LogP contribution in [-0.4, -0.2) is 26.0 Å². The summed E-state index contributed by atoms with van der Waals surface area (Å²) in [4.78, 5) is 10.2. The van der Waals surface area contributed by atoms with E-state index in [0.29, 0.717) is 16.5 Å². The minimum absolute atomic E-state index is 0.00418. The number of hydrogen-bond donors (Lipinski definition) is 1. The van der Waals surface area contributed by atoms with E-state index in [-0.39, 0.29) is 11.6 Å². The molecular formula is C16H12BrN3O4S. The van der Waals surface area contributed by atoms with Crippen LogP contribution in [0.15, 0.2) is 62.6 Å². The van der Waals surface area contributed by atoms with Gasteiger partial charge in [0.25, 0.3) is 10.9 Å². The van der Waals surface area contributed by atoms with Crippen LogP contribution in [0.5, 0.6) is 0 Å². The van der Waals surface area contributed by atoms with E-state index in [1.54, 1.807) is 12.1 Å². The van der Waals surface area contributed by atoms with Crippen molar-refractivity contribution >= 4 is 33.4 Å². The van der Waals surface area contributed by atoms with Crippen LogP contribution in [0.25, 0.3) is 11.5 Å². The number of halogens is 1. The molecule has 1 atom stereocenters. The molecule has 0 aliphatic rings. The number of aliphatic hydroxyl groups is 1. The van der Waals surface area contributed by atoms with E-state index in [2.05, 4.69) is 26.1 Å². The summed E-state index contributed by atoms with van der Waals surface area (Å²) in [5.74, 6) is 0.638. The Hall–Kier alpha value is -2.23. The molecule has 0 aliphatic heterocycles.